The summed E-state index contributed by atoms with van der Waals surface area (Å²) in [7, 11) is 1.78. The van der Waals surface area contributed by atoms with Crippen molar-refractivity contribution in [1.82, 2.24) is 20.1 Å². The summed E-state index contributed by atoms with van der Waals surface area (Å²) in [5.41, 5.74) is 4.94. The van der Waals surface area contributed by atoms with Gasteiger partial charge in [0, 0.05) is 42.7 Å². The summed E-state index contributed by atoms with van der Waals surface area (Å²) in [4.78, 5) is 32.0. The minimum atomic E-state index is -0.162. The predicted molar refractivity (Wildman–Crippen MR) is 143 cm³/mol. The number of carbonyl (C=O) groups excluding carboxylic acids is 2. The van der Waals surface area contributed by atoms with Crippen LogP contribution in [0.2, 0.25) is 5.02 Å². The standard InChI is InChI=1S/C29H29ClN6O2/c1-15-6-27(36-14-19-9-23(19)29(36)38)32-13-24(15)16(2)25-11-26(35(3)34-25)28(37)33-21-7-18(8-21)22-10-20(30)5-4-17(22)12-31/h4-6,10-11,13,16,18-19,21,23H,7-9,14H2,1-3H3,(H,33,37)/t16-,18?,19-,21?,23-/m1/s1. The first-order valence-electron chi connectivity index (χ1n) is 13.1. The van der Waals surface area contributed by atoms with E-state index in [1.165, 1.54) is 0 Å². The molecule has 9 heteroatoms. The minimum Gasteiger partial charge on any atom is -0.348 e. The van der Waals surface area contributed by atoms with Crippen molar-refractivity contribution in [3.8, 4) is 6.07 Å². The molecule has 2 amide bonds. The van der Waals surface area contributed by atoms with Gasteiger partial charge < -0.3 is 5.32 Å². The fourth-order valence-corrected chi connectivity index (χ4v) is 6.11. The minimum absolute atomic E-state index is 0.0344. The Kier molecular flexibility index (Phi) is 5.99. The molecule has 1 N–H and O–H groups in total. The van der Waals surface area contributed by atoms with Crippen molar-refractivity contribution in [2.75, 3.05) is 11.4 Å². The van der Waals surface area contributed by atoms with Crippen LogP contribution in [-0.2, 0) is 11.8 Å². The highest BCUT2D eigenvalue weighted by molar-refractivity contribution is 6.30. The van der Waals surface area contributed by atoms with Gasteiger partial charge in [-0.1, -0.05) is 18.5 Å². The molecule has 3 atom stereocenters. The average molecular weight is 529 g/mol. The molecule has 1 aromatic carbocycles. The lowest BCUT2D eigenvalue weighted by atomic mass is 9.74. The quantitative estimate of drug-likeness (QED) is 0.508. The van der Waals surface area contributed by atoms with E-state index in [1.54, 1.807) is 23.9 Å². The Labute approximate surface area is 226 Å². The molecule has 0 radical (unpaired) electrons. The number of benzene rings is 1. The Balaban J connectivity index is 1.11. The fraction of sp³-hybridized carbons (Fsp3) is 0.414. The van der Waals surface area contributed by atoms with E-state index in [9.17, 15) is 14.9 Å². The van der Waals surface area contributed by atoms with Gasteiger partial charge in [0.15, 0.2) is 0 Å². The highest BCUT2D eigenvalue weighted by Crippen LogP contribution is 2.47. The Bertz CT molecular complexity index is 1500. The number of hydrogen-bond acceptors (Lipinski definition) is 5. The van der Waals surface area contributed by atoms with Gasteiger partial charge in [-0.25, -0.2) is 4.98 Å². The molecule has 1 aliphatic heterocycles. The van der Waals surface area contributed by atoms with Gasteiger partial charge in [-0.2, -0.15) is 10.4 Å². The summed E-state index contributed by atoms with van der Waals surface area (Å²) in [5.74, 6) is 1.59. The third-order valence-corrected chi connectivity index (χ3v) is 8.66. The molecule has 6 rings (SSSR count). The second kappa shape index (κ2) is 9.25. The third kappa shape index (κ3) is 4.25. The first kappa shape index (κ1) is 24.6. The average Bonchev–Trinajstić information content (AvgIpc) is 3.43. The molecule has 38 heavy (non-hydrogen) atoms. The lowest BCUT2D eigenvalue weighted by Crippen LogP contribution is -2.44. The zero-order valence-electron chi connectivity index (χ0n) is 21.6. The van der Waals surface area contributed by atoms with E-state index in [-0.39, 0.29) is 35.6 Å². The van der Waals surface area contributed by atoms with Crippen LogP contribution >= 0.6 is 11.6 Å². The van der Waals surface area contributed by atoms with E-state index < -0.39 is 0 Å². The number of halogens is 1. The van der Waals surface area contributed by atoms with Gasteiger partial charge >= 0.3 is 0 Å². The molecular formula is C29H29ClN6O2. The highest BCUT2D eigenvalue weighted by Gasteiger charge is 2.52. The summed E-state index contributed by atoms with van der Waals surface area (Å²) in [6, 6.07) is 11.4. The number of nitrogens with zero attached hydrogens (tertiary/aromatic N) is 5. The van der Waals surface area contributed by atoms with Crippen molar-refractivity contribution in [3.63, 3.8) is 0 Å². The van der Waals surface area contributed by atoms with Gasteiger partial charge in [0.1, 0.15) is 11.5 Å². The molecule has 0 unspecified atom stereocenters. The SMILES string of the molecule is Cc1cc(N2C[C@H]3C[C@H]3C2=O)ncc1[C@@H](C)c1cc(C(=O)NC2CC(c3cc(Cl)ccc3C#N)C2)n(C)n1. The maximum absolute atomic E-state index is 13.1. The molecule has 2 aliphatic carbocycles. The fourth-order valence-electron chi connectivity index (χ4n) is 5.93. The van der Waals surface area contributed by atoms with Gasteiger partial charge in [0.25, 0.3) is 5.91 Å². The monoisotopic (exact) mass is 528 g/mol. The van der Waals surface area contributed by atoms with Crippen LogP contribution in [0.4, 0.5) is 5.82 Å². The Morgan fingerprint density at radius 3 is 2.71 bits per heavy atom. The Hall–Kier alpha value is -3.70. The number of nitrogens with one attached hydrogen (secondary N) is 1. The Morgan fingerprint density at radius 1 is 1.24 bits per heavy atom. The molecule has 3 fully saturated rings. The number of piperidine rings is 1. The number of nitriles is 1. The number of aromatic nitrogens is 3. The molecule has 2 saturated carbocycles. The summed E-state index contributed by atoms with van der Waals surface area (Å²) < 4.78 is 1.62. The van der Waals surface area contributed by atoms with Gasteiger partial charge in [-0.15, -0.1) is 0 Å². The van der Waals surface area contributed by atoms with Crippen LogP contribution in [0.25, 0.3) is 0 Å². The third-order valence-electron chi connectivity index (χ3n) is 8.42. The number of fused-ring (bicyclic) bond motifs is 1. The number of amides is 2. The van der Waals surface area contributed by atoms with E-state index in [2.05, 4.69) is 28.4 Å². The summed E-state index contributed by atoms with van der Waals surface area (Å²) >= 11 is 6.14. The summed E-state index contributed by atoms with van der Waals surface area (Å²) in [6.07, 6.45) is 4.38. The molecule has 0 spiro atoms. The zero-order valence-corrected chi connectivity index (χ0v) is 22.4. The Morgan fingerprint density at radius 2 is 2.03 bits per heavy atom. The number of hydrogen-bond donors (Lipinski definition) is 1. The first-order chi connectivity index (χ1) is 18.2. The van der Waals surface area contributed by atoms with Crippen molar-refractivity contribution in [2.24, 2.45) is 18.9 Å². The van der Waals surface area contributed by atoms with Crippen LogP contribution in [0.5, 0.6) is 0 Å². The van der Waals surface area contributed by atoms with Crippen LogP contribution in [0.3, 0.4) is 0 Å². The number of carbonyl (C=O) groups is 2. The number of aryl methyl sites for hydroxylation is 2. The molecule has 3 aromatic rings. The number of pyridine rings is 1. The van der Waals surface area contributed by atoms with E-state index in [0.717, 1.165) is 54.0 Å². The van der Waals surface area contributed by atoms with Crippen molar-refractivity contribution < 1.29 is 9.59 Å². The second-order valence-corrected chi connectivity index (χ2v) is 11.4. The first-order valence-corrected chi connectivity index (χ1v) is 13.4. The van der Waals surface area contributed by atoms with E-state index in [4.69, 9.17) is 11.6 Å². The highest BCUT2D eigenvalue weighted by atomic mass is 35.5. The normalized spacial score (nSPS) is 24.4. The van der Waals surface area contributed by atoms with Crippen molar-refractivity contribution in [2.45, 2.75) is 51.0 Å². The molecule has 0 bridgehead atoms. The van der Waals surface area contributed by atoms with E-state index in [0.29, 0.717) is 22.2 Å². The van der Waals surface area contributed by atoms with Crippen LogP contribution in [0, 0.1) is 30.1 Å². The molecule has 194 valence electrons. The predicted octanol–water partition coefficient (Wildman–Crippen LogP) is 4.46. The lowest BCUT2D eigenvalue weighted by Gasteiger charge is -2.36. The smallest absolute Gasteiger partial charge is 0.269 e. The molecule has 1 saturated heterocycles. The topological polar surface area (TPSA) is 104 Å². The molecule has 8 nitrogen and oxygen atoms in total. The van der Waals surface area contributed by atoms with Gasteiger partial charge in [0.05, 0.1) is 17.3 Å². The molecule has 2 aromatic heterocycles. The summed E-state index contributed by atoms with van der Waals surface area (Å²) in [6.45, 7) is 4.85. The second-order valence-electron chi connectivity index (χ2n) is 10.9. The molecule has 3 heterocycles. The van der Waals surface area contributed by atoms with Crippen molar-refractivity contribution in [3.05, 3.63) is 75.2 Å². The van der Waals surface area contributed by atoms with Crippen molar-refractivity contribution >= 4 is 29.2 Å². The maximum atomic E-state index is 13.1. The number of anilines is 1. The summed E-state index contributed by atoms with van der Waals surface area (Å²) in [5, 5.41) is 17.8. The maximum Gasteiger partial charge on any atom is 0.269 e. The molecular weight excluding hydrogens is 500 g/mol. The van der Waals surface area contributed by atoms with E-state index in [1.807, 2.05) is 36.2 Å². The zero-order chi connectivity index (χ0) is 26.7. The molecule has 3 aliphatic rings. The largest absolute Gasteiger partial charge is 0.348 e. The lowest BCUT2D eigenvalue weighted by molar-refractivity contribution is -0.118. The van der Waals surface area contributed by atoms with Crippen LogP contribution < -0.4 is 10.2 Å². The van der Waals surface area contributed by atoms with Gasteiger partial charge in [-0.3, -0.25) is 19.2 Å². The van der Waals surface area contributed by atoms with Crippen molar-refractivity contribution in [1.29, 1.82) is 5.26 Å². The van der Waals surface area contributed by atoms with Gasteiger partial charge in [-0.05, 0) is 85.0 Å². The van der Waals surface area contributed by atoms with Crippen LogP contribution in [-0.4, -0.2) is 39.2 Å². The van der Waals surface area contributed by atoms with Gasteiger partial charge in [0.2, 0.25) is 5.91 Å². The number of rotatable bonds is 6. The van der Waals surface area contributed by atoms with E-state index >= 15 is 0 Å². The van der Waals surface area contributed by atoms with Crippen LogP contribution in [0.1, 0.15) is 76.5 Å². The van der Waals surface area contributed by atoms with Crippen LogP contribution in [0.15, 0.2) is 36.5 Å².